The zero-order valence-corrected chi connectivity index (χ0v) is 16.5. The monoisotopic (exact) mass is 387 g/mol. The lowest BCUT2D eigenvalue weighted by Gasteiger charge is -2.12. The number of aromatic nitrogens is 3. The Morgan fingerprint density at radius 1 is 0.931 bits per heavy atom. The molecule has 0 unspecified atom stereocenters. The van der Waals surface area contributed by atoms with E-state index >= 15 is 0 Å². The Kier molecular flexibility index (Phi) is 5.35. The highest BCUT2D eigenvalue weighted by Gasteiger charge is 2.14. The maximum absolute atomic E-state index is 5.50. The third-order valence-corrected chi connectivity index (χ3v) is 4.72. The number of methoxy groups -OCH3 is 2. The van der Waals surface area contributed by atoms with Crippen molar-refractivity contribution in [3.8, 4) is 39.8 Å². The lowest BCUT2D eigenvalue weighted by molar-refractivity contribution is 0.185. The van der Waals surface area contributed by atoms with Crippen molar-refractivity contribution < 1.29 is 14.0 Å². The first-order chi connectivity index (χ1) is 14.2. The van der Waals surface area contributed by atoms with Gasteiger partial charge in [-0.3, -0.25) is 0 Å². The Bertz CT molecular complexity index is 1120. The van der Waals surface area contributed by atoms with Gasteiger partial charge in [-0.1, -0.05) is 35.5 Å². The molecule has 0 bridgehead atoms. The van der Waals surface area contributed by atoms with E-state index < -0.39 is 0 Å². The standard InChI is InChI=1S/C23H21N3O3/c1-15-6-4-5-7-19(15)20-10-8-16(12-18(20)14-27-2)23-25-22(26-29-23)17-9-11-21(28-3)24-13-17/h4-13H,14H2,1-3H3. The van der Waals surface area contributed by atoms with Gasteiger partial charge in [-0.25, -0.2) is 4.98 Å². The minimum Gasteiger partial charge on any atom is -0.481 e. The first-order valence-electron chi connectivity index (χ1n) is 9.22. The zero-order chi connectivity index (χ0) is 20.2. The average Bonchev–Trinajstić information content (AvgIpc) is 3.25. The van der Waals surface area contributed by atoms with Crippen LogP contribution in [0.3, 0.4) is 0 Å². The summed E-state index contributed by atoms with van der Waals surface area (Å²) in [6, 6.07) is 18.0. The van der Waals surface area contributed by atoms with Crippen molar-refractivity contribution in [1.29, 1.82) is 0 Å². The van der Waals surface area contributed by atoms with Gasteiger partial charge in [-0.2, -0.15) is 4.98 Å². The summed E-state index contributed by atoms with van der Waals surface area (Å²) in [4.78, 5) is 8.72. The van der Waals surface area contributed by atoms with Gasteiger partial charge in [0.1, 0.15) is 0 Å². The van der Waals surface area contributed by atoms with E-state index in [1.165, 1.54) is 11.1 Å². The lowest BCUT2D eigenvalue weighted by atomic mass is 9.94. The van der Waals surface area contributed by atoms with Crippen molar-refractivity contribution in [3.05, 3.63) is 71.9 Å². The highest BCUT2D eigenvalue weighted by atomic mass is 16.5. The number of rotatable bonds is 6. The molecule has 29 heavy (non-hydrogen) atoms. The number of hydrogen-bond acceptors (Lipinski definition) is 6. The second-order valence-electron chi connectivity index (χ2n) is 6.63. The van der Waals surface area contributed by atoms with E-state index in [9.17, 15) is 0 Å². The van der Waals surface area contributed by atoms with Gasteiger partial charge in [0, 0.05) is 30.5 Å². The molecule has 2 aromatic carbocycles. The predicted octanol–water partition coefficient (Wildman–Crippen LogP) is 4.93. The smallest absolute Gasteiger partial charge is 0.258 e. The Morgan fingerprint density at radius 3 is 2.48 bits per heavy atom. The lowest BCUT2D eigenvalue weighted by Crippen LogP contribution is -1.95. The third-order valence-electron chi connectivity index (χ3n) is 4.72. The molecule has 6 nitrogen and oxygen atoms in total. The maximum atomic E-state index is 5.50. The summed E-state index contributed by atoms with van der Waals surface area (Å²) < 4.78 is 16.0. The van der Waals surface area contributed by atoms with Gasteiger partial charge < -0.3 is 14.0 Å². The Morgan fingerprint density at radius 2 is 1.76 bits per heavy atom. The fourth-order valence-corrected chi connectivity index (χ4v) is 3.23. The Balaban J connectivity index is 1.69. The van der Waals surface area contributed by atoms with Crippen LogP contribution in [0.4, 0.5) is 0 Å². The predicted molar refractivity (Wildman–Crippen MR) is 110 cm³/mol. The van der Waals surface area contributed by atoms with E-state index in [4.69, 9.17) is 14.0 Å². The van der Waals surface area contributed by atoms with Crippen LogP contribution >= 0.6 is 0 Å². The molecule has 0 N–H and O–H groups in total. The van der Waals surface area contributed by atoms with Crippen molar-refractivity contribution >= 4 is 0 Å². The Labute approximate surface area is 169 Å². The van der Waals surface area contributed by atoms with Crippen LogP contribution in [0.15, 0.2) is 65.3 Å². The van der Waals surface area contributed by atoms with Crippen LogP contribution in [0.5, 0.6) is 5.88 Å². The minimum absolute atomic E-state index is 0.449. The molecule has 0 aliphatic rings. The van der Waals surface area contributed by atoms with Crippen molar-refractivity contribution in [3.63, 3.8) is 0 Å². The van der Waals surface area contributed by atoms with Crippen molar-refractivity contribution in [2.75, 3.05) is 14.2 Å². The summed E-state index contributed by atoms with van der Waals surface area (Å²) in [5.74, 6) is 1.46. The highest BCUT2D eigenvalue weighted by Crippen LogP contribution is 2.31. The van der Waals surface area contributed by atoms with Gasteiger partial charge in [0.15, 0.2) is 0 Å². The van der Waals surface area contributed by atoms with E-state index in [-0.39, 0.29) is 0 Å². The molecule has 0 amide bonds. The summed E-state index contributed by atoms with van der Waals surface area (Å²) in [7, 11) is 3.27. The van der Waals surface area contributed by atoms with E-state index in [0.29, 0.717) is 24.2 Å². The fraction of sp³-hybridized carbons (Fsp3) is 0.174. The molecule has 0 atom stereocenters. The second-order valence-corrected chi connectivity index (χ2v) is 6.63. The summed E-state index contributed by atoms with van der Waals surface area (Å²) in [6.45, 7) is 2.59. The minimum atomic E-state index is 0.449. The first kappa shape index (κ1) is 18.8. The average molecular weight is 387 g/mol. The van der Waals surface area contributed by atoms with Gasteiger partial charge in [-0.15, -0.1) is 0 Å². The van der Waals surface area contributed by atoms with Crippen LogP contribution in [-0.4, -0.2) is 29.3 Å². The van der Waals surface area contributed by atoms with E-state index in [2.05, 4.69) is 40.2 Å². The number of ether oxygens (including phenoxy) is 2. The van der Waals surface area contributed by atoms with E-state index in [1.807, 2.05) is 30.3 Å². The quantitative estimate of drug-likeness (QED) is 0.467. The molecule has 6 heteroatoms. The fourth-order valence-electron chi connectivity index (χ4n) is 3.23. The Hall–Kier alpha value is -3.51. The van der Waals surface area contributed by atoms with Crippen LogP contribution in [0.2, 0.25) is 0 Å². The molecule has 146 valence electrons. The van der Waals surface area contributed by atoms with Crippen LogP contribution in [0.1, 0.15) is 11.1 Å². The molecule has 2 aromatic heterocycles. The van der Waals surface area contributed by atoms with Crippen molar-refractivity contribution in [2.45, 2.75) is 13.5 Å². The van der Waals surface area contributed by atoms with Gasteiger partial charge in [0.25, 0.3) is 5.89 Å². The maximum Gasteiger partial charge on any atom is 0.258 e. The normalized spacial score (nSPS) is 10.9. The molecule has 0 saturated carbocycles. The molecule has 4 rings (SSSR count). The molecule has 0 aliphatic carbocycles. The molecule has 2 heterocycles. The highest BCUT2D eigenvalue weighted by molar-refractivity contribution is 5.74. The van der Waals surface area contributed by atoms with E-state index in [0.717, 1.165) is 22.3 Å². The summed E-state index contributed by atoms with van der Waals surface area (Å²) >= 11 is 0. The summed E-state index contributed by atoms with van der Waals surface area (Å²) in [5.41, 5.74) is 6.19. The zero-order valence-electron chi connectivity index (χ0n) is 16.5. The molecule has 0 saturated heterocycles. The first-order valence-corrected chi connectivity index (χ1v) is 9.22. The molecule has 0 spiro atoms. The largest absolute Gasteiger partial charge is 0.481 e. The topological polar surface area (TPSA) is 70.3 Å². The van der Waals surface area contributed by atoms with E-state index in [1.54, 1.807) is 26.5 Å². The van der Waals surface area contributed by atoms with Gasteiger partial charge >= 0.3 is 0 Å². The molecular weight excluding hydrogens is 366 g/mol. The van der Waals surface area contributed by atoms with Crippen LogP contribution in [0.25, 0.3) is 34.0 Å². The van der Waals surface area contributed by atoms with Crippen molar-refractivity contribution in [2.24, 2.45) is 0 Å². The van der Waals surface area contributed by atoms with Gasteiger partial charge in [-0.05, 0) is 47.4 Å². The summed E-state index contributed by atoms with van der Waals surface area (Å²) in [6.07, 6.45) is 1.66. The number of aryl methyl sites for hydroxylation is 1. The number of benzene rings is 2. The van der Waals surface area contributed by atoms with Gasteiger partial charge in [0.2, 0.25) is 11.7 Å². The second kappa shape index (κ2) is 8.24. The van der Waals surface area contributed by atoms with Crippen molar-refractivity contribution in [1.82, 2.24) is 15.1 Å². The number of pyridine rings is 1. The third kappa shape index (κ3) is 3.88. The molecule has 0 aliphatic heterocycles. The number of nitrogens with zero attached hydrogens (tertiary/aromatic N) is 3. The number of hydrogen-bond donors (Lipinski definition) is 0. The molecule has 4 aromatic rings. The SMILES string of the molecule is COCc1cc(-c2nc(-c3ccc(OC)nc3)no2)ccc1-c1ccccc1C. The molecule has 0 fully saturated rings. The molecule has 0 radical (unpaired) electrons. The molecular formula is C23H21N3O3. The van der Waals surface area contributed by atoms with Gasteiger partial charge in [0.05, 0.1) is 13.7 Å². The van der Waals surface area contributed by atoms with Crippen LogP contribution < -0.4 is 4.74 Å². The van der Waals surface area contributed by atoms with Crippen LogP contribution in [-0.2, 0) is 11.3 Å². The summed E-state index contributed by atoms with van der Waals surface area (Å²) in [5, 5.41) is 4.09. The van der Waals surface area contributed by atoms with Crippen LogP contribution in [0, 0.1) is 6.92 Å².